The molecule has 256 valence electrons. The van der Waals surface area contributed by atoms with Crippen LogP contribution in [-0.2, 0) is 29.3 Å². The first kappa shape index (κ1) is 36.8. The van der Waals surface area contributed by atoms with Crippen LogP contribution < -0.4 is 14.8 Å². The summed E-state index contributed by atoms with van der Waals surface area (Å²) in [4.78, 5) is 27.6. The number of ether oxygens (including phenoxy) is 3. The number of morpholine rings is 1. The lowest BCUT2D eigenvalue weighted by Gasteiger charge is -2.27. The summed E-state index contributed by atoms with van der Waals surface area (Å²) in [6.07, 6.45) is 3.16. The van der Waals surface area contributed by atoms with Gasteiger partial charge in [-0.3, -0.25) is 14.6 Å². The zero-order chi connectivity index (χ0) is 35.2. The maximum absolute atomic E-state index is 13.3. The van der Waals surface area contributed by atoms with Crippen LogP contribution in [0, 0.1) is 25.2 Å². The number of aromatic nitrogens is 1. The fourth-order valence-corrected chi connectivity index (χ4v) is 5.67. The number of pyridine rings is 1. The van der Waals surface area contributed by atoms with Crippen LogP contribution in [0.4, 0.5) is 0 Å². The van der Waals surface area contributed by atoms with Crippen LogP contribution in [0.2, 0.25) is 5.02 Å². The highest BCUT2D eigenvalue weighted by Gasteiger charge is 2.22. The van der Waals surface area contributed by atoms with E-state index in [0.717, 1.165) is 38.9 Å². The molecule has 0 radical (unpaired) electrons. The van der Waals surface area contributed by atoms with Crippen molar-refractivity contribution in [1.82, 2.24) is 15.2 Å². The van der Waals surface area contributed by atoms with Crippen LogP contribution in [-0.4, -0.2) is 71.9 Å². The molecule has 0 atom stereocenters. The van der Waals surface area contributed by atoms with E-state index in [1.807, 2.05) is 42.2 Å². The number of hydrogen-bond acceptors (Lipinski definition) is 9. The molecule has 1 fully saturated rings. The molecule has 1 aliphatic rings. The number of amides is 1. The molecule has 1 amide bonds. The Kier molecular flexibility index (Phi) is 13.9. The molecule has 1 aliphatic heterocycles. The van der Waals surface area contributed by atoms with Crippen LogP contribution in [0.3, 0.4) is 0 Å². The van der Waals surface area contributed by atoms with E-state index in [-0.39, 0.29) is 32.2 Å². The maximum atomic E-state index is 13.3. The molecular weight excluding hydrogens is 648 g/mol. The first-order valence-corrected chi connectivity index (χ1v) is 16.1. The van der Waals surface area contributed by atoms with Gasteiger partial charge in [0.05, 0.1) is 30.4 Å². The summed E-state index contributed by atoms with van der Waals surface area (Å²) in [5.41, 5.74) is 7.70. The van der Waals surface area contributed by atoms with E-state index in [0.29, 0.717) is 67.0 Å². The van der Waals surface area contributed by atoms with Gasteiger partial charge in [0, 0.05) is 61.3 Å². The third-order valence-electron chi connectivity index (χ3n) is 8.02. The number of carbonyl (C=O) groups excluding carboxylic acids is 1. The first-order chi connectivity index (χ1) is 23.8. The average Bonchev–Trinajstić information content (AvgIpc) is 3.12. The van der Waals surface area contributed by atoms with Crippen molar-refractivity contribution >= 4 is 24.0 Å². The van der Waals surface area contributed by atoms with Crippen molar-refractivity contribution in [3.8, 4) is 28.7 Å². The Bertz CT molecular complexity index is 1790. The third-order valence-corrected chi connectivity index (χ3v) is 8.31. The molecule has 2 heterocycles. The van der Waals surface area contributed by atoms with Gasteiger partial charge >= 0.3 is 0 Å². The molecule has 0 aliphatic carbocycles. The standard InChI is InChI=1S/C36H37ClN4O5.CH2O2/c1-24-28(5-3-6-30(24)31-7-4-8-32(25(31)2)36(43)41-10-13-44-14-11-41)23-46-35-17-34(29(16-33(35)37)21-39-9-12-42)45-22-27-15-26(18-38)19-40-20-27;2-1-3/h3-8,15-17,19-20,39,42H,9-14,21-23H2,1-2H3;1H,(H,2,3). The predicted molar refractivity (Wildman–Crippen MR) is 185 cm³/mol. The van der Waals surface area contributed by atoms with E-state index in [2.05, 4.69) is 29.4 Å². The Morgan fingerprint density at radius 3 is 2.43 bits per heavy atom. The van der Waals surface area contributed by atoms with Crippen LogP contribution in [0.15, 0.2) is 67.0 Å². The van der Waals surface area contributed by atoms with Gasteiger partial charge < -0.3 is 34.6 Å². The van der Waals surface area contributed by atoms with E-state index in [4.69, 9.17) is 35.7 Å². The molecular formula is C37H39ClN4O7. The van der Waals surface area contributed by atoms with Crippen molar-refractivity contribution in [1.29, 1.82) is 5.26 Å². The van der Waals surface area contributed by atoms with Crippen molar-refractivity contribution in [2.45, 2.75) is 33.6 Å². The number of nitrogens with one attached hydrogen (secondary N) is 1. The van der Waals surface area contributed by atoms with E-state index >= 15 is 0 Å². The molecule has 3 aromatic carbocycles. The summed E-state index contributed by atoms with van der Waals surface area (Å²) in [7, 11) is 0. The molecule has 1 saturated heterocycles. The zero-order valence-corrected chi connectivity index (χ0v) is 28.2. The smallest absolute Gasteiger partial charge is 0.290 e. The molecule has 0 bridgehead atoms. The van der Waals surface area contributed by atoms with Crippen molar-refractivity contribution in [3.05, 3.63) is 111 Å². The molecule has 1 aromatic heterocycles. The number of hydrogen-bond donors (Lipinski definition) is 3. The summed E-state index contributed by atoms with van der Waals surface area (Å²) in [5.74, 6) is 1.05. The molecule has 49 heavy (non-hydrogen) atoms. The minimum atomic E-state index is -0.250. The van der Waals surface area contributed by atoms with E-state index in [1.54, 1.807) is 24.4 Å². The van der Waals surface area contributed by atoms with Crippen LogP contribution in [0.25, 0.3) is 11.1 Å². The van der Waals surface area contributed by atoms with Gasteiger partial charge in [0.1, 0.15) is 30.8 Å². The lowest BCUT2D eigenvalue weighted by atomic mass is 9.91. The van der Waals surface area contributed by atoms with Gasteiger partial charge in [0.15, 0.2) is 0 Å². The number of rotatable bonds is 12. The van der Waals surface area contributed by atoms with Crippen molar-refractivity contribution in [2.24, 2.45) is 0 Å². The Hall–Kier alpha value is -4.99. The highest BCUT2D eigenvalue weighted by Crippen LogP contribution is 2.35. The lowest BCUT2D eigenvalue weighted by molar-refractivity contribution is -0.122. The number of aliphatic hydroxyl groups excluding tert-OH is 1. The number of aliphatic hydroxyl groups is 1. The summed E-state index contributed by atoms with van der Waals surface area (Å²) >= 11 is 6.69. The topological polar surface area (TPSA) is 154 Å². The monoisotopic (exact) mass is 686 g/mol. The average molecular weight is 687 g/mol. The molecule has 11 nitrogen and oxygen atoms in total. The summed E-state index contributed by atoms with van der Waals surface area (Å²) in [5, 5.41) is 28.9. The lowest BCUT2D eigenvalue weighted by Crippen LogP contribution is -2.41. The predicted octanol–water partition coefficient (Wildman–Crippen LogP) is 5.30. The summed E-state index contributed by atoms with van der Waals surface area (Å²) in [6.45, 7) is 7.42. The molecule has 12 heteroatoms. The number of carbonyl (C=O) groups is 2. The molecule has 5 rings (SSSR count). The van der Waals surface area contributed by atoms with Crippen LogP contribution in [0.1, 0.15) is 43.7 Å². The van der Waals surface area contributed by atoms with Gasteiger partial charge in [-0.2, -0.15) is 5.26 Å². The Balaban J connectivity index is 0.00000174. The number of benzene rings is 3. The quantitative estimate of drug-likeness (QED) is 0.132. The molecule has 0 unspecified atom stereocenters. The van der Waals surface area contributed by atoms with Crippen LogP contribution >= 0.6 is 11.6 Å². The van der Waals surface area contributed by atoms with Crippen molar-refractivity contribution in [2.75, 3.05) is 39.5 Å². The SMILES string of the molecule is Cc1c(COc2cc(OCc3cncc(C#N)c3)c(CNCCO)cc2Cl)cccc1-c1cccc(C(=O)N2CCOCC2)c1C.O=CO. The second-order valence-corrected chi connectivity index (χ2v) is 11.5. The Morgan fingerprint density at radius 2 is 1.71 bits per heavy atom. The van der Waals surface area contributed by atoms with Gasteiger partial charge in [0.25, 0.3) is 12.4 Å². The fraction of sp³-hybridized carbons (Fsp3) is 0.297. The van der Waals surface area contributed by atoms with Gasteiger partial charge in [-0.1, -0.05) is 41.9 Å². The van der Waals surface area contributed by atoms with Gasteiger partial charge in [-0.15, -0.1) is 0 Å². The number of carboxylic acid groups (broad SMARTS) is 1. The first-order valence-electron chi connectivity index (χ1n) is 15.7. The van der Waals surface area contributed by atoms with E-state index < -0.39 is 0 Å². The highest BCUT2D eigenvalue weighted by atomic mass is 35.5. The van der Waals surface area contributed by atoms with Crippen LogP contribution in [0.5, 0.6) is 11.5 Å². The fourth-order valence-electron chi connectivity index (χ4n) is 5.43. The number of nitriles is 1. The molecule has 4 aromatic rings. The van der Waals surface area contributed by atoms with Crippen molar-refractivity contribution < 1.29 is 34.0 Å². The van der Waals surface area contributed by atoms with Crippen molar-refractivity contribution in [3.63, 3.8) is 0 Å². The van der Waals surface area contributed by atoms with Gasteiger partial charge in [-0.05, 0) is 59.9 Å². The molecule has 0 saturated carbocycles. The molecule has 3 N–H and O–H groups in total. The number of nitrogens with zero attached hydrogens (tertiary/aromatic N) is 3. The third kappa shape index (κ3) is 9.78. The van der Waals surface area contributed by atoms with Gasteiger partial charge in [-0.25, -0.2) is 0 Å². The Labute approximate surface area is 290 Å². The number of halogens is 1. The van der Waals surface area contributed by atoms with E-state index in [9.17, 15) is 15.2 Å². The van der Waals surface area contributed by atoms with Gasteiger partial charge in [0.2, 0.25) is 0 Å². The Morgan fingerprint density at radius 1 is 1.02 bits per heavy atom. The second-order valence-electron chi connectivity index (χ2n) is 11.1. The minimum Gasteiger partial charge on any atom is -0.488 e. The highest BCUT2D eigenvalue weighted by molar-refractivity contribution is 6.32. The summed E-state index contributed by atoms with van der Waals surface area (Å²) in [6, 6.07) is 19.3. The largest absolute Gasteiger partial charge is 0.488 e. The maximum Gasteiger partial charge on any atom is 0.290 e. The minimum absolute atomic E-state index is 0.00412. The normalized spacial score (nSPS) is 12.3. The van der Waals surface area contributed by atoms with E-state index in [1.165, 1.54) is 6.20 Å². The second kappa shape index (κ2) is 18.5. The summed E-state index contributed by atoms with van der Waals surface area (Å²) < 4.78 is 17.9. The molecule has 0 spiro atoms. The zero-order valence-electron chi connectivity index (χ0n) is 27.4.